The number of nitrogens with one attached hydrogen (secondary N) is 2. The van der Waals surface area contributed by atoms with Crippen molar-refractivity contribution < 1.29 is 24.2 Å². The van der Waals surface area contributed by atoms with Crippen LogP contribution in [0.2, 0.25) is 0 Å². The fourth-order valence-electron chi connectivity index (χ4n) is 9.49. The lowest BCUT2D eigenvalue weighted by Crippen LogP contribution is -2.42. The van der Waals surface area contributed by atoms with E-state index in [1.54, 1.807) is 12.1 Å². The van der Waals surface area contributed by atoms with Gasteiger partial charge in [-0.1, -0.05) is 93.6 Å². The number of para-hydroxylation sites is 2. The van der Waals surface area contributed by atoms with Gasteiger partial charge in [-0.15, -0.1) is 0 Å². The van der Waals surface area contributed by atoms with Gasteiger partial charge in [0.15, 0.2) is 6.29 Å². The van der Waals surface area contributed by atoms with Gasteiger partial charge in [0.1, 0.15) is 0 Å². The van der Waals surface area contributed by atoms with E-state index in [9.17, 15) is 14.7 Å². The van der Waals surface area contributed by atoms with Crippen LogP contribution in [0.1, 0.15) is 107 Å². The average Bonchev–Trinajstić information content (AvgIpc) is 3.43. The Morgan fingerprint density at radius 1 is 0.821 bits per heavy atom. The molecule has 5 atom stereocenters. The van der Waals surface area contributed by atoms with Crippen molar-refractivity contribution in [2.75, 3.05) is 24.1 Å². The third-order valence-corrected chi connectivity index (χ3v) is 11.8. The molecule has 1 aliphatic carbocycles. The zero-order chi connectivity index (χ0) is 39.3. The fourth-order valence-corrected chi connectivity index (χ4v) is 9.49. The van der Waals surface area contributed by atoms with Gasteiger partial charge in [-0.3, -0.25) is 14.5 Å². The molecule has 4 aromatic rings. The summed E-state index contributed by atoms with van der Waals surface area (Å²) in [4.78, 5) is 27.7. The first-order valence-corrected chi connectivity index (χ1v) is 20.3. The van der Waals surface area contributed by atoms with Crippen molar-refractivity contribution in [1.29, 1.82) is 0 Å². The number of likely N-dealkylation sites (tertiary alicyclic amines) is 1. The molecule has 2 heterocycles. The Kier molecular flexibility index (Phi) is 12.3. The maximum atomic E-state index is 12.7. The van der Waals surface area contributed by atoms with Crippen molar-refractivity contribution in [2.45, 2.75) is 110 Å². The van der Waals surface area contributed by atoms with Crippen LogP contribution in [0, 0.1) is 10.8 Å². The van der Waals surface area contributed by atoms with Crippen LogP contribution in [0.15, 0.2) is 97.1 Å². The third kappa shape index (κ3) is 10.1. The second-order valence-corrected chi connectivity index (χ2v) is 17.4. The van der Waals surface area contributed by atoms with Crippen molar-refractivity contribution in [2.24, 2.45) is 10.8 Å². The molecular weight excluding hydrogens is 701 g/mol. The van der Waals surface area contributed by atoms with Crippen LogP contribution < -0.4 is 16.4 Å². The first-order valence-electron chi connectivity index (χ1n) is 20.3. The first kappa shape index (κ1) is 39.7. The van der Waals surface area contributed by atoms with Crippen molar-refractivity contribution in [1.82, 2.24) is 10.2 Å². The van der Waals surface area contributed by atoms with Gasteiger partial charge < -0.3 is 30.9 Å². The smallest absolute Gasteiger partial charge is 0.224 e. The first-order chi connectivity index (χ1) is 26.9. The molecule has 2 aliphatic heterocycles. The highest BCUT2D eigenvalue weighted by molar-refractivity contribution is 5.93. The summed E-state index contributed by atoms with van der Waals surface area (Å²) >= 11 is 0. The van der Waals surface area contributed by atoms with Crippen molar-refractivity contribution in [3.8, 4) is 11.1 Å². The quantitative estimate of drug-likeness (QED) is 0.0749. The van der Waals surface area contributed by atoms with Gasteiger partial charge >= 0.3 is 0 Å². The van der Waals surface area contributed by atoms with E-state index in [0.29, 0.717) is 60.5 Å². The molecule has 2 bridgehead atoms. The zero-order valence-electron chi connectivity index (χ0n) is 33.1. The SMILES string of the molecule is CC1(C)CC2CC(C)(CN2C[C@H]2C[C@@H](c3ccc(CO)cc3)O[C@@H](c3cccc(-c4cccc(CNC(=O)CCCCC(=O)Nc5ccccc5N)c4)c3)O2)C1. The van der Waals surface area contributed by atoms with E-state index in [2.05, 4.69) is 84.8 Å². The summed E-state index contributed by atoms with van der Waals surface area (Å²) in [5.41, 5.74) is 13.8. The van der Waals surface area contributed by atoms with E-state index in [0.717, 1.165) is 52.9 Å². The molecule has 3 aliphatic rings. The number of anilines is 2. The highest BCUT2D eigenvalue weighted by Crippen LogP contribution is 2.53. The number of unbranched alkanes of at least 4 members (excludes halogenated alkanes) is 1. The molecule has 1 saturated carbocycles. The molecule has 2 saturated heterocycles. The number of carbonyl (C=O) groups excluding carboxylic acids is 2. The van der Waals surface area contributed by atoms with Gasteiger partial charge in [0.2, 0.25) is 11.8 Å². The van der Waals surface area contributed by atoms with Crippen LogP contribution >= 0.6 is 0 Å². The molecule has 5 N–H and O–H groups in total. The molecule has 0 radical (unpaired) electrons. The summed E-state index contributed by atoms with van der Waals surface area (Å²) in [6, 6.07) is 32.5. The number of carbonyl (C=O) groups is 2. The van der Waals surface area contributed by atoms with Crippen LogP contribution in [0.25, 0.3) is 11.1 Å². The van der Waals surface area contributed by atoms with Gasteiger partial charge in [-0.05, 0) is 95.0 Å². The lowest BCUT2D eigenvalue weighted by molar-refractivity contribution is -0.253. The number of benzene rings is 4. The summed E-state index contributed by atoms with van der Waals surface area (Å²) < 4.78 is 13.6. The molecule has 7 rings (SSSR count). The number of hydrogen-bond acceptors (Lipinski definition) is 7. The van der Waals surface area contributed by atoms with Crippen LogP contribution in [0.4, 0.5) is 11.4 Å². The fraction of sp³-hybridized carbons (Fsp3) is 0.447. The minimum Gasteiger partial charge on any atom is -0.397 e. The number of hydrogen-bond donors (Lipinski definition) is 4. The number of ether oxygens (including phenoxy) is 2. The maximum Gasteiger partial charge on any atom is 0.224 e. The topological polar surface area (TPSA) is 126 Å². The van der Waals surface area contributed by atoms with Gasteiger partial charge in [0, 0.05) is 50.5 Å². The largest absolute Gasteiger partial charge is 0.397 e. The second-order valence-electron chi connectivity index (χ2n) is 17.4. The molecule has 3 fully saturated rings. The van der Waals surface area contributed by atoms with Crippen molar-refractivity contribution >= 4 is 23.2 Å². The molecule has 0 spiro atoms. The summed E-state index contributed by atoms with van der Waals surface area (Å²) in [7, 11) is 0. The molecule has 4 aromatic carbocycles. The molecule has 56 heavy (non-hydrogen) atoms. The Balaban J connectivity index is 0.974. The lowest BCUT2D eigenvalue weighted by Gasteiger charge is -2.41. The summed E-state index contributed by atoms with van der Waals surface area (Å²) in [5.74, 6) is -0.149. The van der Waals surface area contributed by atoms with Crippen molar-refractivity contribution in [3.63, 3.8) is 0 Å². The summed E-state index contributed by atoms with van der Waals surface area (Å²) in [6.45, 7) is 9.73. The van der Waals surface area contributed by atoms with Crippen LogP contribution in [-0.4, -0.2) is 47.1 Å². The number of nitrogens with two attached hydrogens (primary N) is 1. The predicted molar refractivity (Wildman–Crippen MR) is 221 cm³/mol. The van der Waals surface area contributed by atoms with E-state index < -0.39 is 6.29 Å². The lowest BCUT2D eigenvalue weighted by atomic mass is 9.65. The molecule has 9 nitrogen and oxygen atoms in total. The normalized spacial score (nSPS) is 24.4. The summed E-state index contributed by atoms with van der Waals surface area (Å²) in [5, 5.41) is 15.5. The zero-order valence-corrected chi connectivity index (χ0v) is 33.1. The van der Waals surface area contributed by atoms with E-state index in [4.69, 9.17) is 15.2 Å². The number of nitrogen functional groups attached to an aromatic ring is 1. The Hall–Kier alpha value is -4.54. The number of aliphatic hydroxyl groups excluding tert-OH is 1. The molecule has 2 unspecified atom stereocenters. The predicted octanol–water partition coefficient (Wildman–Crippen LogP) is 8.69. The molecule has 0 aromatic heterocycles. The molecule has 2 amide bonds. The minimum atomic E-state index is -0.532. The van der Waals surface area contributed by atoms with E-state index in [-0.39, 0.29) is 30.6 Å². The van der Waals surface area contributed by atoms with Crippen LogP contribution in [-0.2, 0) is 32.2 Å². The van der Waals surface area contributed by atoms with E-state index in [1.807, 2.05) is 36.4 Å². The number of amides is 2. The second kappa shape index (κ2) is 17.3. The number of fused-ring (bicyclic) bond motifs is 2. The van der Waals surface area contributed by atoms with E-state index >= 15 is 0 Å². The van der Waals surface area contributed by atoms with Crippen LogP contribution in [0.5, 0.6) is 0 Å². The van der Waals surface area contributed by atoms with Gasteiger partial charge in [0.25, 0.3) is 0 Å². The minimum absolute atomic E-state index is 0.00346. The molecular formula is C47H58N4O5. The highest BCUT2D eigenvalue weighted by atomic mass is 16.7. The van der Waals surface area contributed by atoms with Gasteiger partial charge in [0.05, 0.1) is 30.2 Å². The van der Waals surface area contributed by atoms with Gasteiger partial charge in [-0.25, -0.2) is 0 Å². The Labute approximate surface area is 332 Å². The average molecular weight is 759 g/mol. The number of nitrogens with zero attached hydrogens (tertiary/aromatic N) is 1. The van der Waals surface area contributed by atoms with Gasteiger partial charge in [-0.2, -0.15) is 0 Å². The highest BCUT2D eigenvalue weighted by Gasteiger charge is 2.50. The number of rotatable bonds is 14. The number of aliphatic hydroxyl groups is 1. The Morgan fingerprint density at radius 2 is 1.55 bits per heavy atom. The third-order valence-electron chi connectivity index (χ3n) is 11.8. The standard InChI is InChI=1S/C47H58N4O5/c1-46(2)25-38-26-47(3,30-46)31-51(38)28-39-24-42(34-20-18-32(29-52)19-21-34)56-45(55-39)37-13-9-12-36(23-37)35-11-8-10-33(22-35)27-49-43(53)16-6-7-17-44(54)50-41-15-5-4-14-40(41)48/h4-5,8-15,18-23,38-39,42,45,52H,6-7,16-17,24-31,48H2,1-3H3,(H,49,53)(H,50,54)/t38?,39-,42+,45+,47?/m1/s1. The summed E-state index contributed by atoms with van der Waals surface area (Å²) in [6.07, 6.45) is 5.76. The molecule has 296 valence electrons. The molecule has 9 heteroatoms. The monoisotopic (exact) mass is 758 g/mol. The Bertz CT molecular complexity index is 1980. The van der Waals surface area contributed by atoms with E-state index in [1.165, 1.54) is 19.3 Å². The van der Waals surface area contributed by atoms with Crippen molar-refractivity contribution in [3.05, 3.63) is 119 Å². The Morgan fingerprint density at radius 3 is 2.32 bits per heavy atom. The van der Waals surface area contributed by atoms with Crippen LogP contribution in [0.3, 0.4) is 0 Å². The maximum absolute atomic E-state index is 12.7.